The third kappa shape index (κ3) is 2.50. The van der Waals surface area contributed by atoms with Crippen LogP contribution in [0.1, 0.15) is 34.8 Å². The van der Waals surface area contributed by atoms with Crippen molar-refractivity contribution in [2.45, 2.75) is 19.9 Å². The van der Waals surface area contributed by atoms with Gasteiger partial charge in [-0.25, -0.2) is 0 Å². The number of carbonyl (C=O) groups is 1. The average molecular weight is 283 g/mol. The van der Waals surface area contributed by atoms with E-state index < -0.39 is 0 Å². The van der Waals surface area contributed by atoms with E-state index in [4.69, 9.17) is 10.2 Å². The lowest BCUT2D eigenvalue weighted by molar-refractivity contribution is 0.0937. The van der Waals surface area contributed by atoms with Crippen LogP contribution in [0, 0.1) is 6.92 Å². The first-order valence-electron chi connectivity index (χ1n) is 6.78. The van der Waals surface area contributed by atoms with Crippen molar-refractivity contribution in [1.29, 1.82) is 0 Å². The highest BCUT2D eigenvalue weighted by Gasteiger charge is 2.17. The second-order valence-corrected chi connectivity index (χ2v) is 5.15. The van der Waals surface area contributed by atoms with Gasteiger partial charge in [0.25, 0.3) is 5.91 Å². The van der Waals surface area contributed by atoms with Crippen LogP contribution in [0.3, 0.4) is 0 Å². The molecule has 3 aromatic rings. The molecule has 0 aliphatic carbocycles. The first-order valence-corrected chi connectivity index (χ1v) is 6.78. The van der Waals surface area contributed by atoms with Gasteiger partial charge in [0, 0.05) is 22.8 Å². The third-order valence-corrected chi connectivity index (χ3v) is 3.49. The lowest BCUT2D eigenvalue weighted by Gasteiger charge is -2.11. The van der Waals surface area contributed by atoms with Crippen molar-refractivity contribution in [2.24, 2.45) is 0 Å². The van der Waals surface area contributed by atoms with Crippen molar-refractivity contribution in [3.05, 3.63) is 53.6 Å². The molecule has 0 fully saturated rings. The van der Waals surface area contributed by atoms with E-state index in [0.29, 0.717) is 11.3 Å². The van der Waals surface area contributed by atoms with Crippen LogP contribution in [0.25, 0.3) is 10.9 Å². The monoisotopic (exact) mass is 283 g/mol. The first kappa shape index (κ1) is 13.3. The predicted octanol–water partition coefficient (Wildman–Crippen LogP) is 3.14. The Morgan fingerprint density at radius 3 is 2.86 bits per heavy atom. The van der Waals surface area contributed by atoms with E-state index in [2.05, 4.69) is 10.3 Å². The fourth-order valence-electron chi connectivity index (χ4n) is 2.36. The maximum Gasteiger partial charge on any atom is 0.254 e. The Balaban J connectivity index is 1.85. The molecule has 21 heavy (non-hydrogen) atoms. The van der Waals surface area contributed by atoms with Crippen LogP contribution < -0.4 is 11.1 Å². The van der Waals surface area contributed by atoms with E-state index in [1.54, 1.807) is 18.3 Å². The van der Waals surface area contributed by atoms with E-state index in [9.17, 15) is 4.79 Å². The van der Waals surface area contributed by atoms with Crippen LogP contribution in [0.15, 0.2) is 40.9 Å². The quantitative estimate of drug-likeness (QED) is 0.646. The molecule has 0 saturated heterocycles. The molecule has 3 rings (SSSR count). The van der Waals surface area contributed by atoms with Crippen LogP contribution in [-0.2, 0) is 0 Å². The summed E-state index contributed by atoms with van der Waals surface area (Å²) in [6.07, 6.45) is 1.69. The van der Waals surface area contributed by atoms with Crippen molar-refractivity contribution >= 4 is 22.5 Å². The van der Waals surface area contributed by atoms with Crippen molar-refractivity contribution < 1.29 is 9.21 Å². The highest BCUT2D eigenvalue weighted by atomic mass is 16.3. The smallest absolute Gasteiger partial charge is 0.254 e. The molecule has 0 saturated carbocycles. The summed E-state index contributed by atoms with van der Waals surface area (Å²) in [6.45, 7) is 3.76. The van der Waals surface area contributed by atoms with E-state index >= 15 is 0 Å². The topological polar surface area (TPSA) is 84.0 Å². The van der Waals surface area contributed by atoms with Crippen molar-refractivity contribution in [2.75, 3.05) is 5.73 Å². The van der Waals surface area contributed by atoms with Crippen molar-refractivity contribution in [1.82, 2.24) is 10.3 Å². The molecule has 5 nitrogen and oxygen atoms in total. The Hall–Kier alpha value is -2.69. The Morgan fingerprint density at radius 1 is 1.33 bits per heavy atom. The number of nitrogens with two attached hydrogens (primary N) is 1. The van der Waals surface area contributed by atoms with Crippen LogP contribution >= 0.6 is 0 Å². The number of H-pyrrole nitrogens is 1. The fraction of sp³-hybridized carbons (Fsp3) is 0.188. The molecular weight excluding hydrogens is 266 g/mol. The molecule has 2 heterocycles. The van der Waals surface area contributed by atoms with Gasteiger partial charge in [-0.05, 0) is 44.2 Å². The van der Waals surface area contributed by atoms with Gasteiger partial charge in [-0.1, -0.05) is 0 Å². The number of amides is 1. The summed E-state index contributed by atoms with van der Waals surface area (Å²) in [4.78, 5) is 15.5. The molecule has 0 bridgehead atoms. The number of benzene rings is 1. The number of aromatic amines is 1. The summed E-state index contributed by atoms with van der Waals surface area (Å²) >= 11 is 0. The van der Waals surface area contributed by atoms with Crippen LogP contribution in [-0.4, -0.2) is 10.9 Å². The number of hydrogen-bond acceptors (Lipinski definition) is 3. The number of hydrogen-bond donors (Lipinski definition) is 3. The summed E-state index contributed by atoms with van der Waals surface area (Å²) in [5.41, 5.74) is 7.88. The number of nitrogen functional groups attached to an aromatic ring is 1. The minimum atomic E-state index is -0.197. The summed E-state index contributed by atoms with van der Waals surface area (Å²) < 4.78 is 5.53. The van der Waals surface area contributed by atoms with E-state index in [-0.39, 0.29) is 11.9 Å². The SMILES string of the molecule is Cc1ccc(C(C)NC(=O)c2c[nH]c3ccc(N)cc23)o1. The zero-order valence-corrected chi connectivity index (χ0v) is 11.9. The zero-order valence-electron chi connectivity index (χ0n) is 11.9. The molecule has 108 valence electrons. The minimum Gasteiger partial charge on any atom is -0.464 e. The van der Waals surface area contributed by atoms with Gasteiger partial charge in [-0.2, -0.15) is 0 Å². The second-order valence-electron chi connectivity index (χ2n) is 5.15. The minimum absolute atomic E-state index is 0.159. The highest BCUT2D eigenvalue weighted by molar-refractivity contribution is 6.07. The largest absolute Gasteiger partial charge is 0.464 e. The molecule has 1 aromatic carbocycles. The Bertz CT molecular complexity index is 801. The number of furan rings is 1. The van der Waals surface area contributed by atoms with Crippen molar-refractivity contribution in [3.63, 3.8) is 0 Å². The van der Waals surface area contributed by atoms with Gasteiger partial charge in [0.1, 0.15) is 11.5 Å². The molecule has 0 spiro atoms. The zero-order chi connectivity index (χ0) is 15.0. The molecule has 1 amide bonds. The summed E-state index contributed by atoms with van der Waals surface area (Å²) in [5, 5.41) is 3.75. The first-order chi connectivity index (χ1) is 10.0. The molecule has 5 heteroatoms. The Kier molecular flexibility index (Phi) is 3.17. The number of carbonyl (C=O) groups excluding carboxylic acids is 1. The van der Waals surface area contributed by atoms with E-state index in [0.717, 1.165) is 22.4 Å². The van der Waals surface area contributed by atoms with Crippen LogP contribution in [0.2, 0.25) is 0 Å². The van der Waals surface area contributed by atoms with Gasteiger partial charge >= 0.3 is 0 Å². The number of nitrogens with one attached hydrogen (secondary N) is 2. The Labute approximate surface area is 122 Å². The van der Waals surface area contributed by atoms with E-state index in [1.807, 2.05) is 32.0 Å². The van der Waals surface area contributed by atoms with Gasteiger partial charge in [0.15, 0.2) is 0 Å². The molecule has 0 aliphatic heterocycles. The number of rotatable bonds is 3. The highest BCUT2D eigenvalue weighted by Crippen LogP contribution is 2.22. The summed E-state index contributed by atoms with van der Waals surface area (Å²) in [5.74, 6) is 1.40. The Morgan fingerprint density at radius 2 is 2.14 bits per heavy atom. The van der Waals surface area contributed by atoms with Crippen LogP contribution in [0.5, 0.6) is 0 Å². The van der Waals surface area contributed by atoms with Crippen LogP contribution in [0.4, 0.5) is 5.69 Å². The van der Waals surface area contributed by atoms with Gasteiger partial charge in [-0.15, -0.1) is 0 Å². The standard InChI is InChI=1S/C16H17N3O2/c1-9-3-6-15(21-9)10(2)19-16(20)13-8-18-14-5-4-11(17)7-12(13)14/h3-8,10,18H,17H2,1-2H3,(H,19,20). The van der Waals surface area contributed by atoms with Gasteiger partial charge in [0.2, 0.25) is 0 Å². The molecule has 1 atom stereocenters. The number of fused-ring (bicyclic) bond motifs is 1. The second kappa shape index (κ2) is 5.01. The molecular formula is C16H17N3O2. The summed E-state index contributed by atoms with van der Waals surface area (Å²) in [6, 6.07) is 9.01. The maximum atomic E-state index is 12.4. The normalized spacial score (nSPS) is 12.5. The number of aryl methyl sites for hydroxylation is 1. The lowest BCUT2D eigenvalue weighted by atomic mass is 10.1. The fourth-order valence-corrected chi connectivity index (χ4v) is 2.36. The molecule has 0 aliphatic rings. The number of anilines is 1. The predicted molar refractivity (Wildman–Crippen MR) is 82.0 cm³/mol. The molecule has 4 N–H and O–H groups in total. The molecule has 1 unspecified atom stereocenters. The molecule has 2 aromatic heterocycles. The van der Waals surface area contributed by atoms with Crippen molar-refractivity contribution in [3.8, 4) is 0 Å². The summed E-state index contributed by atoms with van der Waals surface area (Å²) in [7, 11) is 0. The van der Waals surface area contributed by atoms with Gasteiger partial charge in [0.05, 0.1) is 11.6 Å². The number of aromatic nitrogens is 1. The van der Waals surface area contributed by atoms with Gasteiger partial charge in [-0.3, -0.25) is 4.79 Å². The van der Waals surface area contributed by atoms with E-state index in [1.165, 1.54) is 0 Å². The van der Waals surface area contributed by atoms with Gasteiger partial charge < -0.3 is 20.5 Å². The lowest BCUT2D eigenvalue weighted by Crippen LogP contribution is -2.26. The average Bonchev–Trinajstić information content (AvgIpc) is 3.04. The third-order valence-electron chi connectivity index (χ3n) is 3.49. The molecule has 0 radical (unpaired) electrons. The maximum absolute atomic E-state index is 12.4.